The van der Waals surface area contributed by atoms with Gasteiger partial charge in [-0.25, -0.2) is 0 Å². The molecule has 0 saturated carbocycles. The maximum absolute atomic E-state index is 9.60. The number of phenols is 2. The Balaban J connectivity index is 2.28. The van der Waals surface area contributed by atoms with Gasteiger partial charge < -0.3 is 10.2 Å². The van der Waals surface area contributed by atoms with Gasteiger partial charge in [-0.1, -0.05) is 54.6 Å². The van der Waals surface area contributed by atoms with Crippen LogP contribution in [0.15, 0.2) is 78.9 Å². The molecule has 0 spiro atoms. The standard InChI is InChI=1S/C22H17NO2/c23-15-14-21(16-6-10-19(24)11-7-16)22(17-4-2-1-3-5-17)18-8-12-20(25)13-9-18/h1-13,24-25H,14H2. The van der Waals surface area contributed by atoms with E-state index in [0.717, 1.165) is 27.8 Å². The zero-order chi connectivity index (χ0) is 17.6. The predicted octanol–water partition coefficient (Wildman–Crippen LogP) is 4.97. The zero-order valence-corrected chi connectivity index (χ0v) is 13.6. The van der Waals surface area contributed by atoms with Gasteiger partial charge in [0.2, 0.25) is 0 Å². The fourth-order valence-corrected chi connectivity index (χ4v) is 2.82. The summed E-state index contributed by atoms with van der Waals surface area (Å²) in [6, 6.07) is 25.9. The minimum Gasteiger partial charge on any atom is -0.508 e. The van der Waals surface area contributed by atoms with Crippen LogP contribution < -0.4 is 0 Å². The third-order valence-corrected chi connectivity index (χ3v) is 3.99. The molecule has 3 nitrogen and oxygen atoms in total. The average molecular weight is 327 g/mol. The van der Waals surface area contributed by atoms with Crippen LogP contribution in [0.2, 0.25) is 0 Å². The highest BCUT2D eigenvalue weighted by Gasteiger charge is 2.14. The van der Waals surface area contributed by atoms with Gasteiger partial charge in [-0.3, -0.25) is 0 Å². The van der Waals surface area contributed by atoms with E-state index in [4.69, 9.17) is 0 Å². The molecule has 3 aromatic carbocycles. The van der Waals surface area contributed by atoms with E-state index in [1.165, 1.54) is 0 Å². The largest absolute Gasteiger partial charge is 0.508 e. The highest BCUT2D eigenvalue weighted by molar-refractivity contribution is 5.99. The lowest BCUT2D eigenvalue weighted by atomic mass is 9.88. The lowest BCUT2D eigenvalue weighted by Gasteiger charge is -2.15. The van der Waals surface area contributed by atoms with Crippen LogP contribution in [0.1, 0.15) is 23.1 Å². The van der Waals surface area contributed by atoms with E-state index in [1.807, 2.05) is 54.6 Å². The van der Waals surface area contributed by atoms with Crippen molar-refractivity contribution in [1.82, 2.24) is 0 Å². The lowest BCUT2D eigenvalue weighted by Crippen LogP contribution is -1.95. The van der Waals surface area contributed by atoms with Crippen molar-refractivity contribution >= 4 is 11.1 Å². The quantitative estimate of drug-likeness (QED) is 0.665. The summed E-state index contributed by atoms with van der Waals surface area (Å²) in [6.07, 6.45) is 0.232. The van der Waals surface area contributed by atoms with Crippen LogP contribution >= 0.6 is 0 Å². The number of benzene rings is 3. The molecule has 0 amide bonds. The summed E-state index contributed by atoms with van der Waals surface area (Å²) in [7, 11) is 0. The first-order chi connectivity index (χ1) is 12.2. The van der Waals surface area contributed by atoms with E-state index < -0.39 is 0 Å². The normalized spacial score (nSPS) is 11.5. The van der Waals surface area contributed by atoms with E-state index in [2.05, 4.69) is 6.07 Å². The van der Waals surface area contributed by atoms with Crippen LogP contribution in [0.3, 0.4) is 0 Å². The fourth-order valence-electron chi connectivity index (χ4n) is 2.82. The molecule has 0 radical (unpaired) electrons. The van der Waals surface area contributed by atoms with Crippen molar-refractivity contribution < 1.29 is 10.2 Å². The number of rotatable bonds is 4. The number of nitriles is 1. The average Bonchev–Trinajstić information content (AvgIpc) is 2.64. The van der Waals surface area contributed by atoms with Crippen LogP contribution in [-0.2, 0) is 0 Å². The maximum Gasteiger partial charge on any atom is 0.115 e. The van der Waals surface area contributed by atoms with Gasteiger partial charge in [0.15, 0.2) is 0 Å². The summed E-state index contributed by atoms with van der Waals surface area (Å²) in [5.41, 5.74) is 4.60. The molecule has 0 bridgehead atoms. The van der Waals surface area contributed by atoms with Gasteiger partial charge in [-0.15, -0.1) is 0 Å². The Kier molecular flexibility index (Phi) is 4.82. The number of allylic oxidation sites excluding steroid dienone is 1. The second kappa shape index (κ2) is 7.37. The monoisotopic (exact) mass is 327 g/mol. The first kappa shape index (κ1) is 16.4. The molecule has 0 aromatic heterocycles. The Morgan fingerprint density at radius 2 is 1.16 bits per heavy atom. The molecule has 0 aliphatic carbocycles. The van der Waals surface area contributed by atoms with E-state index in [-0.39, 0.29) is 17.9 Å². The second-order valence-electron chi connectivity index (χ2n) is 5.65. The smallest absolute Gasteiger partial charge is 0.115 e. The highest BCUT2D eigenvalue weighted by Crippen LogP contribution is 2.35. The van der Waals surface area contributed by atoms with Crippen LogP contribution in [0.5, 0.6) is 11.5 Å². The number of nitrogens with zero attached hydrogens (tertiary/aromatic N) is 1. The van der Waals surface area contributed by atoms with Crippen LogP contribution in [-0.4, -0.2) is 10.2 Å². The molecular formula is C22H17NO2. The molecule has 0 heterocycles. The van der Waals surface area contributed by atoms with Crippen molar-refractivity contribution in [2.45, 2.75) is 6.42 Å². The minimum atomic E-state index is 0.186. The SMILES string of the molecule is N#CCC(=C(c1ccccc1)c1ccc(O)cc1)c1ccc(O)cc1. The van der Waals surface area contributed by atoms with Crippen molar-refractivity contribution in [3.63, 3.8) is 0 Å². The van der Waals surface area contributed by atoms with Crippen LogP contribution in [0.25, 0.3) is 11.1 Å². The Hall–Kier alpha value is -3.51. The lowest BCUT2D eigenvalue weighted by molar-refractivity contribution is 0.474. The van der Waals surface area contributed by atoms with Crippen LogP contribution in [0.4, 0.5) is 0 Å². The Bertz CT molecular complexity index is 919. The van der Waals surface area contributed by atoms with Gasteiger partial charge in [0.1, 0.15) is 11.5 Å². The van der Waals surface area contributed by atoms with Gasteiger partial charge in [0, 0.05) is 0 Å². The molecule has 3 aromatic rings. The molecule has 3 heteroatoms. The molecule has 0 aliphatic heterocycles. The van der Waals surface area contributed by atoms with Crippen molar-refractivity contribution in [3.8, 4) is 17.6 Å². The Morgan fingerprint density at radius 1 is 0.680 bits per heavy atom. The number of aromatic hydroxyl groups is 2. The maximum atomic E-state index is 9.60. The topological polar surface area (TPSA) is 64.2 Å². The Morgan fingerprint density at radius 3 is 1.68 bits per heavy atom. The van der Waals surface area contributed by atoms with Crippen molar-refractivity contribution in [3.05, 3.63) is 95.6 Å². The molecule has 0 aliphatic rings. The van der Waals surface area contributed by atoms with Crippen molar-refractivity contribution in [1.29, 1.82) is 5.26 Å². The van der Waals surface area contributed by atoms with E-state index >= 15 is 0 Å². The van der Waals surface area contributed by atoms with Gasteiger partial charge in [-0.2, -0.15) is 5.26 Å². The number of phenolic OH excluding ortho intramolecular Hbond substituents is 2. The summed E-state index contributed by atoms with van der Waals surface area (Å²) in [6.45, 7) is 0. The predicted molar refractivity (Wildman–Crippen MR) is 98.8 cm³/mol. The highest BCUT2D eigenvalue weighted by atomic mass is 16.3. The molecule has 0 fully saturated rings. The van der Waals surface area contributed by atoms with Crippen molar-refractivity contribution in [2.75, 3.05) is 0 Å². The third-order valence-electron chi connectivity index (χ3n) is 3.99. The summed E-state index contributed by atoms with van der Waals surface area (Å²) in [5.74, 6) is 0.383. The molecule has 0 saturated heterocycles. The van der Waals surface area contributed by atoms with Crippen LogP contribution in [0, 0.1) is 11.3 Å². The first-order valence-electron chi connectivity index (χ1n) is 7.93. The molecular weight excluding hydrogens is 310 g/mol. The third kappa shape index (κ3) is 3.70. The summed E-state index contributed by atoms with van der Waals surface area (Å²) < 4.78 is 0. The first-order valence-corrected chi connectivity index (χ1v) is 7.93. The van der Waals surface area contributed by atoms with Crippen molar-refractivity contribution in [2.24, 2.45) is 0 Å². The molecule has 122 valence electrons. The molecule has 25 heavy (non-hydrogen) atoms. The summed E-state index contributed by atoms with van der Waals surface area (Å²) >= 11 is 0. The van der Waals surface area contributed by atoms with Gasteiger partial charge in [-0.05, 0) is 52.1 Å². The van der Waals surface area contributed by atoms with Gasteiger partial charge in [0.05, 0.1) is 12.5 Å². The minimum absolute atomic E-state index is 0.186. The van der Waals surface area contributed by atoms with Gasteiger partial charge in [0.25, 0.3) is 0 Å². The molecule has 0 atom stereocenters. The molecule has 3 rings (SSSR count). The Labute approximate surface area is 146 Å². The number of hydrogen-bond donors (Lipinski definition) is 2. The number of hydrogen-bond acceptors (Lipinski definition) is 3. The molecule has 0 unspecified atom stereocenters. The molecule has 2 N–H and O–H groups in total. The second-order valence-corrected chi connectivity index (χ2v) is 5.65. The summed E-state index contributed by atoms with van der Waals surface area (Å²) in [4.78, 5) is 0. The van der Waals surface area contributed by atoms with E-state index in [1.54, 1.807) is 24.3 Å². The zero-order valence-electron chi connectivity index (χ0n) is 13.6. The van der Waals surface area contributed by atoms with E-state index in [0.29, 0.717) is 0 Å². The van der Waals surface area contributed by atoms with Gasteiger partial charge >= 0.3 is 0 Å². The summed E-state index contributed by atoms with van der Waals surface area (Å²) in [5, 5.41) is 28.5. The fraction of sp³-hybridized carbons (Fsp3) is 0.0455. The van der Waals surface area contributed by atoms with E-state index in [9.17, 15) is 15.5 Å².